The lowest BCUT2D eigenvalue weighted by Crippen LogP contribution is -2.33. The molecule has 0 heterocycles. The summed E-state index contributed by atoms with van der Waals surface area (Å²) in [6.45, 7) is 2.58. The zero-order chi connectivity index (χ0) is 17.4. The minimum absolute atomic E-state index is 0. The van der Waals surface area contributed by atoms with E-state index in [0.717, 1.165) is 0 Å². The van der Waals surface area contributed by atoms with E-state index in [4.69, 9.17) is 4.74 Å². The lowest BCUT2D eigenvalue weighted by Gasteiger charge is -2.22. The molecule has 0 spiro atoms. The quantitative estimate of drug-likeness (QED) is 0.641. The second kappa shape index (κ2) is 10.9. The van der Waals surface area contributed by atoms with Gasteiger partial charge in [0.05, 0.1) is 6.61 Å². The summed E-state index contributed by atoms with van der Waals surface area (Å²) in [4.78, 5) is 23.6. The highest BCUT2D eigenvalue weighted by Crippen LogP contribution is 2.23. The predicted octanol–water partition coefficient (Wildman–Crippen LogP) is 3.24. The molecule has 0 radical (unpaired) electrons. The van der Waals surface area contributed by atoms with E-state index in [1.54, 1.807) is 13.0 Å². The highest BCUT2D eigenvalue weighted by atomic mass is 35.5. The van der Waals surface area contributed by atoms with E-state index in [1.165, 1.54) is 44.2 Å². The van der Waals surface area contributed by atoms with E-state index in [-0.39, 0.29) is 36.2 Å². The summed E-state index contributed by atoms with van der Waals surface area (Å²) in [6.07, 6.45) is 6.57. The highest BCUT2D eigenvalue weighted by molar-refractivity contribution is 5.95. The Kier molecular flexibility index (Phi) is 9.31. The molecule has 1 fully saturated rings. The van der Waals surface area contributed by atoms with Gasteiger partial charge in [-0.25, -0.2) is 4.79 Å². The van der Waals surface area contributed by atoms with Gasteiger partial charge in [-0.1, -0.05) is 19.3 Å². The van der Waals surface area contributed by atoms with Gasteiger partial charge in [-0.05, 0) is 31.9 Å². The molecule has 140 valence electrons. The molecule has 6 nitrogen and oxygen atoms in total. The number of aromatic hydroxyl groups is 1. The molecule has 0 aliphatic heterocycles. The van der Waals surface area contributed by atoms with Crippen molar-refractivity contribution in [2.75, 3.05) is 18.5 Å². The van der Waals surface area contributed by atoms with E-state index in [0.29, 0.717) is 24.7 Å². The number of carbonyl (C=O) groups excluding carboxylic acids is 2. The number of carbonyl (C=O) groups is 2. The van der Waals surface area contributed by atoms with Crippen molar-refractivity contribution in [3.8, 4) is 5.75 Å². The first-order valence-corrected chi connectivity index (χ1v) is 8.63. The standard InChI is InChI=1S/C18H26N2O4.ClH/c1-2-24-18(23)15-9-8-14(12-16(15)21)20-17(22)10-11-19-13-6-4-3-5-7-13;/h8-9,12-13,19,21H,2-7,10-11H2,1H3,(H,20,22);1H. The first-order chi connectivity index (χ1) is 11.6. The lowest BCUT2D eigenvalue weighted by atomic mass is 9.95. The number of esters is 1. The summed E-state index contributed by atoms with van der Waals surface area (Å²) in [5.41, 5.74) is 0.553. The molecule has 1 aliphatic carbocycles. The largest absolute Gasteiger partial charge is 0.507 e. The molecule has 1 amide bonds. The molecular formula is C18H27ClN2O4. The van der Waals surface area contributed by atoms with Gasteiger partial charge in [0.25, 0.3) is 0 Å². The van der Waals surface area contributed by atoms with Crippen LogP contribution in [0.25, 0.3) is 0 Å². The van der Waals surface area contributed by atoms with Crippen LogP contribution < -0.4 is 10.6 Å². The number of rotatable bonds is 7. The van der Waals surface area contributed by atoms with Crippen molar-refractivity contribution in [1.82, 2.24) is 5.32 Å². The Bertz CT molecular complexity index is 574. The van der Waals surface area contributed by atoms with Crippen LogP contribution in [0.1, 0.15) is 55.8 Å². The molecule has 1 aromatic rings. The molecular weight excluding hydrogens is 344 g/mol. The van der Waals surface area contributed by atoms with Gasteiger partial charge in [0, 0.05) is 30.8 Å². The van der Waals surface area contributed by atoms with Crippen molar-refractivity contribution in [3.63, 3.8) is 0 Å². The van der Waals surface area contributed by atoms with Gasteiger partial charge < -0.3 is 20.5 Å². The highest BCUT2D eigenvalue weighted by Gasteiger charge is 2.14. The van der Waals surface area contributed by atoms with Gasteiger partial charge in [0.1, 0.15) is 11.3 Å². The number of ether oxygens (including phenoxy) is 1. The van der Waals surface area contributed by atoms with Crippen molar-refractivity contribution in [3.05, 3.63) is 23.8 Å². The van der Waals surface area contributed by atoms with E-state index in [1.807, 2.05) is 0 Å². The van der Waals surface area contributed by atoms with Crippen molar-refractivity contribution >= 4 is 30.0 Å². The fourth-order valence-corrected chi connectivity index (χ4v) is 2.91. The van der Waals surface area contributed by atoms with Crippen molar-refractivity contribution < 1.29 is 19.4 Å². The maximum atomic E-state index is 12.0. The van der Waals surface area contributed by atoms with Crippen LogP contribution in [0, 0.1) is 0 Å². The topological polar surface area (TPSA) is 87.7 Å². The monoisotopic (exact) mass is 370 g/mol. The molecule has 1 saturated carbocycles. The van der Waals surface area contributed by atoms with Crippen LogP contribution >= 0.6 is 12.4 Å². The van der Waals surface area contributed by atoms with Gasteiger partial charge in [-0.3, -0.25) is 4.79 Å². The average molecular weight is 371 g/mol. The maximum Gasteiger partial charge on any atom is 0.341 e. The molecule has 0 saturated heterocycles. The van der Waals surface area contributed by atoms with E-state index < -0.39 is 5.97 Å². The molecule has 0 atom stereocenters. The SMILES string of the molecule is CCOC(=O)c1ccc(NC(=O)CCNC2CCCCC2)cc1O.Cl. The summed E-state index contributed by atoms with van der Waals surface area (Å²) in [5.74, 6) is -0.905. The van der Waals surface area contributed by atoms with Crippen LogP contribution in [0.4, 0.5) is 5.69 Å². The minimum Gasteiger partial charge on any atom is -0.507 e. The Balaban J connectivity index is 0.00000312. The normalized spacial score (nSPS) is 14.4. The second-order valence-corrected chi connectivity index (χ2v) is 6.04. The molecule has 7 heteroatoms. The zero-order valence-corrected chi connectivity index (χ0v) is 15.4. The summed E-state index contributed by atoms with van der Waals surface area (Å²) in [5, 5.41) is 16.0. The molecule has 25 heavy (non-hydrogen) atoms. The van der Waals surface area contributed by atoms with Crippen LogP contribution in [0.15, 0.2) is 18.2 Å². The number of benzene rings is 1. The molecule has 0 aromatic heterocycles. The number of nitrogens with one attached hydrogen (secondary N) is 2. The van der Waals surface area contributed by atoms with Crippen LogP contribution in [0.2, 0.25) is 0 Å². The second-order valence-electron chi connectivity index (χ2n) is 6.04. The third kappa shape index (κ3) is 6.92. The molecule has 1 aliphatic rings. The fraction of sp³-hybridized carbons (Fsp3) is 0.556. The smallest absolute Gasteiger partial charge is 0.341 e. The summed E-state index contributed by atoms with van der Waals surface area (Å²) >= 11 is 0. The first kappa shape index (κ1) is 21.3. The third-order valence-electron chi connectivity index (χ3n) is 4.17. The first-order valence-electron chi connectivity index (χ1n) is 8.63. The van der Waals surface area contributed by atoms with Crippen LogP contribution in [0.5, 0.6) is 5.75 Å². The lowest BCUT2D eigenvalue weighted by molar-refractivity contribution is -0.116. The molecule has 0 bridgehead atoms. The van der Waals surface area contributed by atoms with Crippen molar-refractivity contribution in [2.24, 2.45) is 0 Å². The molecule has 3 N–H and O–H groups in total. The maximum absolute atomic E-state index is 12.0. The summed E-state index contributed by atoms with van der Waals surface area (Å²) in [7, 11) is 0. The number of hydrogen-bond donors (Lipinski definition) is 3. The summed E-state index contributed by atoms with van der Waals surface area (Å²) in [6, 6.07) is 4.92. The van der Waals surface area contributed by atoms with Gasteiger partial charge in [0.2, 0.25) is 5.91 Å². The van der Waals surface area contributed by atoms with Crippen LogP contribution in [-0.4, -0.2) is 36.2 Å². The van der Waals surface area contributed by atoms with Crippen LogP contribution in [0.3, 0.4) is 0 Å². The number of anilines is 1. The van der Waals surface area contributed by atoms with E-state index in [9.17, 15) is 14.7 Å². The Morgan fingerprint density at radius 3 is 2.60 bits per heavy atom. The number of phenols is 1. The minimum atomic E-state index is -0.579. The van der Waals surface area contributed by atoms with Crippen LogP contribution in [-0.2, 0) is 9.53 Å². The van der Waals surface area contributed by atoms with Crippen molar-refractivity contribution in [1.29, 1.82) is 0 Å². The summed E-state index contributed by atoms with van der Waals surface area (Å²) < 4.78 is 4.85. The van der Waals surface area contributed by atoms with Crippen molar-refractivity contribution in [2.45, 2.75) is 51.5 Å². The van der Waals surface area contributed by atoms with Gasteiger partial charge in [-0.2, -0.15) is 0 Å². The Morgan fingerprint density at radius 1 is 1.24 bits per heavy atom. The Morgan fingerprint density at radius 2 is 1.96 bits per heavy atom. The third-order valence-corrected chi connectivity index (χ3v) is 4.17. The number of halogens is 1. The van der Waals surface area contributed by atoms with Gasteiger partial charge >= 0.3 is 5.97 Å². The number of phenolic OH excluding ortho intramolecular Hbond substituents is 1. The van der Waals surface area contributed by atoms with Gasteiger partial charge in [0.15, 0.2) is 0 Å². The molecule has 0 unspecified atom stereocenters. The molecule has 2 rings (SSSR count). The fourth-order valence-electron chi connectivity index (χ4n) is 2.91. The Hall–Kier alpha value is -1.79. The average Bonchev–Trinajstić information content (AvgIpc) is 2.56. The number of amides is 1. The van der Waals surface area contributed by atoms with E-state index in [2.05, 4.69) is 10.6 Å². The molecule has 1 aromatic carbocycles. The number of hydrogen-bond acceptors (Lipinski definition) is 5. The predicted molar refractivity (Wildman–Crippen MR) is 99.4 cm³/mol. The zero-order valence-electron chi connectivity index (χ0n) is 14.5. The Labute approximate surface area is 154 Å². The van der Waals surface area contributed by atoms with E-state index >= 15 is 0 Å². The van der Waals surface area contributed by atoms with Gasteiger partial charge in [-0.15, -0.1) is 12.4 Å².